The Morgan fingerprint density at radius 1 is 1.18 bits per heavy atom. The van der Waals surface area contributed by atoms with Gasteiger partial charge < -0.3 is 4.74 Å². The zero-order valence-corrected chi connectivity index (χ0v) is 12.4. The SMILES string of the molecule is O=C(N/N=C/C1=Cc2ccccc2OC1)c1ccc(Cl)cc1. The first kappa shape index (κ1) is 14.4. The number of nitrogens with one attached hydrogen (secondary N) is 1. The molecule has 0 atom stereocenters. The van der Waals surface area contributed by atoms with Crippen LogP contribution in [0.1, 0.15) is 15.9 Å². The molecule has 0 aliphatic carbocycles. The molecule has 22 heavy (non-hydrogen) atoms. The van der Waals surface area contributed by atoms with E-state index in [1.807, 2.05) is 30.3 Å². The standard InChI is InChI=1S/C17H13ClN2O2/c18-15-7-5-13(6-8-15)17(21)20-19-10-12-9-14-3-1-2-4-16(14)22-11-12/h1-10H,11H2,(H,20,21)/b19-10+. The number of para-hydroxylation sites is 1. The highest BCUT2D eigenvalue weighted by atomic mass is 35.5. The van der Waals surface area contributed by atoms with Crippen molar-refractivity contribution in [3.8, 4) is 5.75 Å². The Morgan fingerprint density at radius 3 is 2.77 bits per heavy atom. The first-order valence-corrected chi connectivity index (χ1v) is 7.11. The summed E-state index contributed by atoms with van der Waals surface area (Å²) in [5, 5.41) is 4.55. The van der Waals surface area contributed by atoms with Crippen molar-refractivity contribution >= 4 is 29.8 Å². The summed E-state index contributed by atoms with van der Waals surface area (Å²) in [4.78, 5) is 11.9. The smallest absolute Gasteiger partial charge is 0.271 e. The van der Waals surface area contributed by atoms with Crippen LogP contribution in [-0.4, -0.2) is 18.7 Å². The van der Waals surface area contributed by atoms with Crippen molar-refractivity contribution in [1.29, 1.82) is 0 Å². The predicted octanol–water partition coefficient (Wildman–Crippen LogP) is 3.53. The number of hydrazone groups is 1. The van der Waals surface area contributed by atoms with Crippen LogP contribution < -0.4 is 10.2 Å². The number of amides is 1. The van der Waals surface area contributed by atoms with Crippen molar-refractivity contribution in [3.05, 3.63) is 70.3 Å². The maximum atomic E-state index is 11.9. The summed E-state index contributed by atoms with van der Waals surface area (Å²) in [6.45, 7) is 0.428. The molecule has 4 nitrogen and oxygen atoms in total. The number of halogens is 1. The lowest BCUT2D eigenvalue weighted by Gasteiger charge is -2.15. The Hall–Kier alpha value is -2.59. The number of benzene rings is 2. The molecule has 1 heterocycles. The van der Waals surface area contributed by atoms with E-state index in [1.165, 1.54) is 0 Å². The van der Waals surface area contributed by atoms with Crippen molar-refractivity contribution in [3.63, 3.8) is 0 Å². The monoisotopic (exact) mass is 312 g/mol. The van der Waals surface area contributed by atoms with Gasteiger partial charge in [-0.1, -0.05) is 29.8 Å². The minimum absolute atomic E-state index is 0.286. The molecule has 0 fully saturated rings. The van der Waals surface area contributed by atoms with Crippen LogP contribution in [0.3, 0.4) is 0 Å². The molecule has 2 aromatic rings. The molecule has 1 amide bonds. The normalized spacial score (nSPS) is 13.2. The van der Waals surface area contributed by atoms with Gasteiger partial charge in [0.15, 0.2) is 0 Å². The zero-order valence-electron chi connectivity index (χ0n) is 11.6. The van der Waals surface area contributed by atoms with Gasteiger partial charge in [-0.3, -0.25) is 4.79 Å². The third-order valence-corrected chi connectivity index (χ3v) is 3.41. The van der Waals surface area contributed by atoms with E-state index in [4.69, 9.17) is 16.3 Å². The summed E-state index contributed by atoms with van der Waals surface area (Å²) in [6, 6.07) is 14.4. The second-order valence-electron chi connectivity index (χ2n) is 4.75. The van der Waals surface area contributed by atoms with Crippen molar-refractivity contribution in [2.45, 2.75) is 0 Å². The van der Waals surface area contributed by atoms with Crippen LogP contribution in [0.4, 0.5) is 0 Å². The molecule has 0 aromatic heterocycles. The summed E-state index contributed by atoms with van der Waals surface area (Å²) >= 11 is 5.78. The molecule has 1 aliphatic rings. The van der Waals surface area contributed by atoms with Crippen LogP contribution in [0.15, 0.2) is 59.2 Å². The average Bonchev–Trinajstić information content (AvgIpc) is 2.55. The lowest BCUT2D eigenvalue weighted by molar-refractivity contribution is 0.0955. The molecule has 0 radical (unpaired) electrons. The molecule has 0 saturated carbocycles. The number of fused-ring (bicyclic) bond motifs is 1. The van der Waals surface area contributed by atoms with Gasteiger partial charge in [0.1, 0.15) is 12.4 Å². The highest BCUT2D eigenvalue weighted by molar-refractivity contribution is 6.30. The Balaban J connectivity index is 1.64. The van der Waals surface area contributed by atoms with Gasteiger partial charge in [-0.2, -0.15) is 5.10 Å². The Morgan fingerprint density at radius 2 is 1.95 bits per heavy atom. The third-order valence-electron chi connectivity index (χ3n) is 3.16. The predicted molar refractivity (Wildman–Crippen MR) is 87.3 cm³/mol. The zero-order chi connectivity index (χ0) is 15.4. The number of carbonyl (C=O) groups excluding carboxylic acids is 1. The Bertz CT molecular complexity index is 752. The lowest BCUT2D eigenvalue weighted by Crippen LogP contribution is -2.18. The maximum Gasteiger partial charge on any atom is 0.271 e. The topological polar surface area (TPSA) is 50.7 Å². The van der Waals surface area contributed by atoms with Crippen molar-refractivity contribution in [1.82, 2.24) is 5.43 Å². The van der Waals surface area contributed by atoms with E-state index in [2.05, 4.69) is 10.5 Å². The van der Waals surface area contributed by atoms with Gasteiger partial charge in [-0.05, 0) is 36.4 Å². The molecule has 1 aliphatic heterocycles. The number of carbonyl (C=O) groups is 1. The quantitative estimate of drug-likeness (QED) is 0.696. The fourth-order valence-electron chi connectivity index (χ4n) is 2.05. The molecule has 1 N–H and O–H groups in total. The van der Waals surface area contributed by atoms with Crippen LogP contribution in [0.2, 0.25) is 5.02 Å². The summed E-state index contributed by atoms with van der Waals surface area (Å²) in [6.07, 6.45) is 3.57. The second kappa shape index (κ2) is 6.45. The molecule has 110 valence electrons. The molecular formula is C17H13ClN2O2. The van der Waals surface area contributed by atoms with Gasteiger partial charge >= 0.3 is 0 Å². The second-order valence-corrected chi connectivity index (χ2v) is 5.19. The molecule has 0 bridgehead atoms. The molecule has 3 rings (SSSR count). The van der Waals surface area contributed by atoms with Crippen LogP contribution in [0.25, 0.3) is 6.08 Å². The van der Waals surface area contributed by atoms with Crippen molar-refractivity contribution in [2.24, 2.45) is 5.10 Å². The molecule has 0 saturated heterocycles. The fourth-order valence-corrected chi connectivity index (χ4v) is 2.17. The molecular weight excluding hydrogens is 300 g/mol. The summed E-state index contributed by atoms with van der Waals surface area (Å²) in [5.41, 5.74) is 4.87. The first-order chi connectivity index (χ1) is 10.7. The van der Waals surface area contributed by atoms with E-state index >= 15 is 0 Å². The van der Waals surface area contributed by atoms with Gasteiger partial charge in [0.05, 0.1) is 6.21 Å². The summed E-state index contributed by atoms with van der Waals surface area (Å²) in [5.74, 6) is 0.565. The summed E-state index contributed by atoms with van der Waals surface area (Å²) < 4.78 is 5.60. The third kappa shape index (κ3) is 3.35. The van der Waals surface area contributed by atoms with Crippen LogP contribution >= 0.6 is 11.6 Å². The lowest BCUT2D eigenvalue weighted by atomic mass is 10.1. The van der Waals surface area contributed by atoms with E-state index in [-0.39, 0.29) is 5.91 Å². The van der Waals surface area contributed by atoms with Gasteiger partial charge in [-0.25, -0.2) is 5.43 Å². The van der Waals surface area contributed by atoms with Gasteiger partial charge in [0.2, 0.25) is 0 Å². The molecule has 2 aromatic carbocycles. The van der Waals surface area contributed by atoms with E-state index < -0.39 is 0 Å². The van der Waals surface area contributed by atoms with Gasteiger partial charge in [0.25, 0.3) is 5.91 Å². The van der Waals surface area contributed by atoms with Crippen molar-refractivity contribution < 1.29 is 9.53 Å². The largest absolute Gasteiger partial charge is 0.488 e. The number of hydrogen-bond donors (Lipinski definition) is 1. The summed E-state index contributed by atoms with van der Waals surface area (Å²) in [7, 11) is 0. The minimum atomic E-state index is -0.286. The van der Waals surface area contributed by atoms with E-state index in [0.29, 0.717) is 17.2 Å². The fraction of sp³-hybridized carbons (Fsp3) is 0.0588. The van der Waals surface area contributed by atoms with Crippen molar-refractivity contribution in [2.75, 3.05) is 6.61 Å². The maximum absolute atomic E-state index is 11.9. The molecule has 0 unspecified atom stereocenters. The Labute approximate surface area is 133 Å². The minimum Gasteiger partial charge on any atom is -0.488 e. The highest BCUT2D eigenvalue weighted by Gasteiger charge is 2.09. The molecule has 5 heteroatoms. The van der Waals surface area contributed by atoms with E-state index in [9.17, 15) is 4.79 Å². The molecule has 0 spiro atoms. The first-order valence-electron chi connectivity index (χ1n) is 6.74. The van der Waals surface area contributed by atoms with E-state index in [1.54, 1.807) is 30.5 Å². The van der Waals surface area contributed by atoms with Gasteiger partial charge in [0, 0.05) is 21.7 Å². The van der Waals surface area contributed by atoms with E-state index in [0.717, 1.165) is 16.9 Å². The van der Waals surface area contributed by atoms with Gasteiger partial charge in [-0.15, -0.1) is 0 Å². The Kier molecular flexibility index (Phi) is 4.21. The number of ether oxygens (including phenoxy) is 1. The van der Waals surface area contributed by atoms with Crippen LogP contribution in [-0.2, 0) is 0 Å². The van der Waals surface area contributed by atoms with Crippen LogP contribution in [0, 0.1) is 0 Å². The number of rotatable bonds is 3. The van der Waals surface area contributed by atoms with Crippen LogP contribution in [0.5, 0.6) is 5.75 Å². The average molecular weight is 313 g/mol. The number of hydrogen-bond acceptors (Lipinski definition) is 3. The number of nitrogens with zero attached hydrogens (tertiary/aromatic N) is 1. The highest BCUT2D eigenvalue weighted by Crippen LogP contribution is 2.24.